The number of aromatic nitrogens is 2. The molecule has 144 valence electrons. The Morgan fingerprint density at radius 2 is 2.04 bits per heavy atom. The number of ether oxygens (including phenoxy) is 1. The van der Waals surface area contributed by atoms with Gasteiger partial charge in [-0.2, -0.15) is 4.98 Å². The summed E-state index contributed by atoms with van der Waals surface area (Å²) in [6, 6.07) is 4.83. The molecule has 1 aromatic carbocycles. The fraction of sp³-hybridized carbons (Fsp3) is 0.389. The standard InChI is InChI=1S/C18H21Cl2N5O2/c1-24(2)17-14(10-21-18(23-17)25-7-3-4-8-25)22-16(26)11-27-15-6-5-12(19)9-13(15)20/h5-6,9-10H,3-4,7-8,11H2,1-2H3,(H,22,26). The van der Waals surface area contributed by atoms with Gasteiger partial charge in [0.2, 0.25) is 5.95 Å². The van der Waals surface area contributed by atoms with E-state index in [1.165, 1.54) is 0 Å². The second-order valence-corrected chi connectivity index (χ2v) is 7.25. The monoisotopic (exact) mass is 409 g/mol. The van der Waals surface area contributed by atoms with Crippen molar-refractivity contribution in [1.82, 2.24) is 9.97 Å². The average molecular weight is 410 g/mol. The lowest BCUT2D eigenvalue weighted by Crippen LogP contribution is -2.25. The van der Waals surface area contributed by atoms with Crippen molar-refractivity contribution in [2.24, 2.45) is 0 Å². The maximum Gasteiger partial charge on any atom is 0.262 e. The summed E-state index contributed by atoms with van der Waals surface area (Å²) in [4.78, 5) is 25.3. The third-order valence-corrected chi connectivity index (χ3v) is 4.63. The number of carbonyl (C=O) groups excluding carboxylic acids is 1. The van der Waals surface area contributed by atoms with Crippen molar-refractivity contribution in [2.45, 2.75) is 12.8 Å². The molecule has 3 rings (SSSR count). The first kappa shape index (κ1) is 19.5. The molecule has 1 amide bonds. The minimum atomic E-state index is -0.332. The fourth-order valence-corrected chi connectivity index (χ4v) is 3.25. The molecular formula is C18H21Cl2N5O2. The highest BCUT2D eigenvalue weighted by molar-refractivity contribution is 6.35. The van der Waals surface area contributed by atoms with Crippen LogP contribution in [-0.2, 0) is 4.79 Å². The van der Waals surface area contributed by atoms with Crippen LogP contribution in [0.3, 0.4) is 0 Å². The number of rotatable bonds is 6. The van der Waals surface area contributed by atoms with E-state index in [9.17, 15) is 4.79 Å². The summed E-state index contributed by atoms with van der Waals surface area (Å²) >= 11 is 11.9. The lowest BCUT2D eigenvalue weighted by molar-refractivity contribution is -0.118. The summed E-state index contributed by atoms with van der Waals surface area (Å²) in [7, 11) is 3.74. The second kappa shape index (κ2) is 8.63. The van der Waals surface area contributed by atoms with Gasteiger partial charge < -0.3 is 19.9 Å². The molecule has 1 fully saturated rings. The number of hydrogen-bond donors (Lipinski definition) is 1. The summed E-state index contributed by atoms with van der Waals surface area (Å²) in [5.74, 6) is 1.38. The number of benzene rings is 1. The number of nitrogens with one attached hydrogen (secondary N) is 1. The molecule has 2 heterocycles. The van der Waals surface area contributed by atoms with Crippen LogP contribution in [0.4, 0.5) is 17.5 Å². The molecular weight excluding hydrogens is 389 g/mol. The molecule has 1 aliphatic heterocycles. The Balaban J connectivity index is 1.67. The second-order valence-electron chi connectivity index (χ2n) is 6.41. The highest BCUT2D eigenvalue weighted by Crippen LogP contribution is 2.28. The van der Waals surface area contributed by atoms with Crippen LogP contribution < -0.4 is 19.9 Å². The minimum absolute atomic E-state index is 0.192. The van der Waals surface area contributed by atoms with Gasteiger partial charge in [-0.05, 0) is 31.0 Å². The molecule has 1 N–H and O–H groups in total. The molecule has 2 aromatic rings. The van der Waals surface area contributed by atoms with Gasteiger partial charge >= 0.3 is 0 Å². The highest BCUT2D eigenvalue weighted by Gasteiger charge is 2.18. The Labute approximate surface area is 168 Å². The third-order valence-electron chi connectivity index (χ3n) is 4.10. The summed E-state index contributed by atoms with van der Waals surface area (Å²) in [5.41, 5.74) is 0.527. The van der Waals surface area contributed by atoms with Crippen LogP contribution in [0.25, 0.3) is 0 Å². The predicted molar refractivity (Wildman–Crippen MR) is 108 cm³/mol. The first-order valence-electron chi connectivity index (χ1n) is 8.61. The average Bonchev–Trinajstić information content (AvgIpc) is 3.16. The summed E-state index contributed by atoms with van der Waals surface area (Å²) in [6.07, 6.45) is 3.91. The Morgan fingerprint density at radius 1 is 1.30 bits per heavy atom. The van der Waals surface area contributed by atoms with Gasteiger partial charge in [0.25, 0.3) is 5.91 Å². The molecule has 0 saturated carbocycles. The van der Waals surface area contributed by atoms with E-state index in [1.54, 1.807) is 24.4 Å². The van der Waals surface area contributed by atoms with Crippen LogP contribution in [-0.4, -0.2) is 49.7 Å². The van der Waals surface area contributed by atoms with Crippen molar-refractivity contribution in [3.05, 3.63) is 34.4 Å². The maximum atomic E-state index is 12.3. The van der Waals surface area contributed by atoms with Gasteiger partial charge in [0.15, 0.2) is 12.4 Å². The Morgan fingerprint density at radius 3 is 2.70 bits per heavy atom. The Bertz CT molecular complexity index is 825. The van der Waals surface area contributed by atoms with Crippen LogP contribution in [0, 0.1) is 0 Å². The molecule has 0 radical (unpaired) electrons. The van der Waals surface area contributed by atoms with Crippen LogP contribution in [0.15, 0.2) is 24.4 Å². The zero-order valence-electron chi connectivity index (χ0n) is 15.2. The quantitative estimate of drug-likeness (QED) is 0.787. The molecule has 9 heteroatoms. The van der Waals surface area contributed by atoms with Gasteiger partial charge in [0.1, 0.15) is 11.4 Å². The van der Waals surface area contributed by atoms with E-state index in [0.717, 1.165) is 25.9 Å². The lowest BCUT2D eigenvalue weighted by atomic mass is 10.3. The largest absolute Gasteiger partial charge is 0.482 e. The fourth-order valence-electron chi connectivity index (χ4n) is 2.78. The first-order chi connectivity index (χ1) is 12.9. The SMILES string of the molecule is CN(C)c1nc(N2CCCC2)ncc1NC(=O)COc1ccc(Cl)cc1Cl. The van der Waals surface area contributed by atoms with Crippen molar-refractivity contribution in [1.29, 1.82) is 0 Å². The highest BCUT2D eigenvalue weighted by atomic mass is 35.5. The van der Waals surface area contributed by atoms with E-state index in [2.05, 4.69) is 20.2 Å². The molecule has 1 aliphatic rings. The van der Waals surface area contributed by atoms with Gasteiger partial charge in [0, 0.05) is 32.2 Å². The van der Waals surface area contributed by atoms with Gasteiger partial charge in [-0.25, -0.2) is 4.98 Å². The molecule has 1 saturated heterocycles. The maximum absolute atomic E-state index is 12.3. The van der Waals surface area contributed by atoms with Gasteiger partial charge in [0.05, 0.1) is 11.2 Å². The molecule has 0 bridgehead atoms. The zero-order valence-corrected chi connectivity index (χ0v) is 16.7. The predicted octanol–water partition coefficient (Wildman–Crippen LogP) is 3.47. The third kappa shape index (κ3) is 4.93. The smallest absolute Gasteiger partial charge is 0.262 e. The van der Waals surface area contributed by atoms with Crippen molar-refractivity contribution >= 4 is 46.6 Å². The summed E-state index contributed by atoms with van der Waals surface area (Å²) in [6.45, 7) is 1.71. The van der Waals surface area contributed by atoms with Crippen LogP contribution in [0.5, 0.6) is 5.75 Å². The number of halogens is 2. The van der Waals surface area contributed by atoms with Crippen LogP contribution in [0.1, 0.15) is 12.8 Å². The zero-order chi connectivity index (χ0) is 19.4. The summed E-state index contributed by atoms with van der Waals surface area (Å²) < 4.78 is 5.47. The van der Waals surface area contributed by atoms with E-state index in [0.29, 0.717) is 33.2 Å². The number of nitrogens with zero attached hydrogens (tertiary/aromatic N) is 4. The van der Waals surface area contributed by atoms with E-state index in [1.807, 2.05) is 19.0 Å². The summed E-state index contributed by atoms with van der Waals surface area (Å²) in [5, 5.41) is 3.64. The molecule has 0 unspecified atom stereocenters. The molecule has 1 aromatic heterocycles. The minimum Gasteiger partial charge on any atom is -0.482 e. The molecule has 7 nitrogen and oxygen atoms in total. The van der Waals surface area contributed by atoms with Crippen LogP contribution in [0.2, 0.25) is 10.0 Å². The number of anilines is 3. The molecule has 27 heavy (non-hydrogen) atoms. The van der Waals surface area contributed by atoms with E-state index >= 15 is 0 Å². The lowest BCUT2D eigenvalue weighted by Gasteiger charge is -2.21. The number of amides is 1. The molecule has 0 spiro atoms. The van der Waals surface area contributed by atoms with Gasteiger partial charge in [-0.1, -0.05) is 23.2 Å². The molecule has 0 aliphatic carbocycles. The van der Waals surface area contributed by atoms with Gasteiger partial charge in [-0.15, -0.1) is 0 Å². The van der Waals surface area contributed by atoms with E-state index < -0.39 is 0 Å². The number of hydrogen-bond acceptors (Lipinski definition) is 6. The topological polar surface area (TPSA) is 70.6 Å². The normalized spacial score (nSPS) is 13.6. The van der Waals surface area contributed by atoms with E-state index in [4.69, 9.17) is 27.9 Å². The molecule has 0 atom stereocenters. The Kier molecular flexibility index (Phi) is 6.23. The van der Waals surface area contributed by atoms with E-state index in [-0.39, 0.29) is 12.5 Å². The first-order valence-corrected chi connectivity index (χ1v) is 9.36. The van der Waals surface area contributed by atoms with Crippen LogP contribution >= 0.6 is 23.2 Å². The Hall–Kier alpha value is -2.25. The number of carbonyl (C=O) groups is 1. The van der Waals surface area contributed by atoms with Crippen molar-refractivity contribution in [3.8, 4) is 5.75 Å². The van der Waals surface area contributed by atoms with Gasteiger partial charge in [-0.3, -0.25) is 4.79 Å². The van der Waals surface area contributed by atoms with Crippen molar-refractivity contribution in [3.63, 3.8) is 0 Å². The van der Waals surface area contributed by atoms with Crippen molar-refractivity contribution < 1.29 is 9.53 Å². The van der Waals surface area contributed by atoms with Crippen molar-refractivity contribution in [2.75, 3.05) is 48.9 Å².